The van der Waals surface area contributed by atoms with Crippen molar-refractivity contribution in [1.82, 2.24) is 9.80 Å². The van der Waals surface area contributed by atoms with Crippen LogP contribution in [0.15, 0.2) is 12.7 Å². The van der Waals surface area contributed by atoms with Crippen LogP contribution in [0.2, 0.25) is 0 Å². The zero-order chi connectivity index (χ0) is 24.4. The number of aliphatic hydroxyl groups is 1. The lowest BCUT2D eigenvalue weighted by atomic mass is 9.76. The van der Waals surface area contributed by atoms with E-state index in [9.17, 15) is 19.5 Å². The van der Waals surface area contributed by atoms with Gasteiger partial charge in [-0.2, -0.15) is 11.8 Å². The van der Waals surface area contributed by atoms with E-state index in [-0.39, 0.29) is 30.7 Å². The number of amides is 2. The van der Waals surface area contributed by atoms with E-state index in [2.05, 4.69) is 6.58 Å². The zero-order valence-corrected chi connectivity index (χ0v) is 21.1. The molecule has 0 bridgehead atoms. The number of carbonyl (C=O) groups excluding carboxylic acids is 2. The predicted octanol–water partition coefficient (Wildman–Crippen LogP) is 3.27. The first-order chi connectivity index (χ1) is 14.2. The molecular formula is C23H42N2O5S. The van der Waals surface area contributed by atoms with Gasteiger partial charge in [-0.3, -0.25) is 14.4 Å². The molecule has 0 aliphatic rings. The third-order valence-electron chi connectivity index (χ3n) is 5.28. The highest BCUT2D eigenvalue weighted by Gasteiger charge is 2.41. The summed E-state index contributed by atoms with van der Waals surface area (Å²) in [7, 11) is 3.43. The summed E-state index contributed by atoms with van der Waals surface area (Å²) in [5, 5.41) is 19.2. The van der Waals surface area contributed by atoms with E-state index in [1.807, 2.05) is 34.6 Å². The van der Waals surface area contributed by atoms with Crippen molar-refractivity contribution in [3.63, 3.8) is 0 Å². The molecular weight excluding hydrogens is 416 g/mol. The molecule has 0 fully saturated rings. The molecule has 0 aromatic heterocycles. The van der Waals surface area contributed by atoms with Gasteiger partial charge >= 0.3 is 5.97 Å². The highest BCUT2D eigenvalue weighted by Crippen LogP contribution is 2.41. The Bertz CT molecular complexity index is 619. The largest absolute Gasteiger partial charge is 0.481 e. The second kappa shape index (κ2) is 13.1. The molecule has 180 valence electrons. The van der Waals surface area contributed by atoms with Crippen LogP contribution in [0.5, 0.6) is 0 Å². The number of carboxylic acid groups (broad SMARTS) is 1. The van der Waals surface area contributed by atoms with Crippen LogP contribution in [-0.2, 0) is 14.4 Å². The second-order valence-electron chi connectivity index (χ2n) is 9.61. The van der Waals surface area contributed by atoms with Gasteiger partial charge in [0.15, 0.2) is 0 Å². The van der Waals surface area contributed by atoms with Gasteiger partial charge in [0.05, 0.1) is 18.4 Å². The summed E-state index contributed by atoms with van der Waals surface area (Å²) in [6.45, 7) is 14.1. The molecule has 0 aromatic rings. The van der Waals surface area contributed by atoms with E-state index in [0.29, 0.717) is 25.1 Å². The normalized spacial score (nSPS) is 13.9. The summed E-state index contributed by atoms with van der Waals surface area (Å²) in [6, 6.07) is 0. The van der Waals surface area contributed by atoms with E-state index in [1.54, 1.807) is 23.9 Å². The molecule has 0 saturated heterocycles. The second-order valence-corrected chi connectivity index (χ2v) is 11.4. The van der Waals surface area contributed by atoms with Crippen molar-refractivity contribution in [3.05, 3.63) is 12.7 Å². The van der Waals surface area contributed by atoms with Crippen LogP contribution in [0.3, 0.4) is 0 Å². The van der Waals surface area contributed by atoms with E-state index >= 15 is 0 Å². The third kappa shape index (κ3) is 11.1. The fourth-order valence-electron chi connectivity index (χ4n) is 3.62. The average molecular weight is 459 g/mol. The molecule has 7 nitrogen and oxygen atoms in total. The lowest BCUT2D eigenvalue weighted by molar-refractivity contribution is -0.137. The maximum absolute atomic E-state index is 13.1. The zero-order valence-electron chi connectivity index (χ0n) is 20.3. The number of aliphatic hydroxyl groups excluding tert-OH is 1. The lowest BCUT2D eigenvalue weighted by Gasteiger charge is -2.41. The van der Waals surface area contributed by atoms with Gasteiger partial charge in [-0.05, 0) is 38.2 Å². The molecule has 0 saturated carbocycles. The van der Waals surface area contributed by atoms with E-state index in [4.69, 9.17) is 5.11 Å². The van der Waals surface area contributed by atoms with Crippen LogP contribution < -0.4 is 0 Å². The molecule has 2 atom stereocenters. The van der Waals surface area contributed by atoms with Crippen molar-refractivity contribution in [2.24, 2.45) is 11.3 Å². The molecule has 0 aliphatic heterocycles. The highest BCUT2D eigenvalue weighted by atomic mass is 32.2. The smallest absolute Gasteiger partial charge is 0.304 e. The Morgan fingerprint density at radius 1 is 1.16 bits per heavy atom. The van der Waals surface area contributed by atoms with Crippen molar-refractivity contribution in [2.45, 2.75) is 71.2 Å². The van der Waals surface area contributed by atoms with Crippen LogP contribution in [0.4, 0.5) is 0 Å². The summed E-state index contributed by atoms with van der Waals surface area (Å²) in [4.78, 5) is 39.6. The minimum atomic E-state index is -0.858. The minimum Gasteiger partial charge on any atom is -0.481 e. The molecule has 2 N–H and O–H groups in total. The Hall–Kier alpha value is -1.54. The standard InChI is InChI=1S/C23H42N2O5S/c1-9-11-17(26)15-25(19(27)10-2)16-22(3,4)14-18(21(30)24(7)8)23(5,6)31-13-12-20(28)29/h10,17-18,26H,2,9,11-16H2,1,3-8H3,(H,28,29). The first-order valence-corrected chi connectivity index (χ1v) is 11.8. The Labute approximate surface area is 192 Å². The van der Waals surface area contributed by atoms with Gasteiger partial charge in [-0.1, -0.05) is 33.8 Å². The monoisotopic (exact) mass is 458 g/mol. The lowest BCUT2D eigenvalue weighted by Crippen LogP contribution is -2.47. The number of nitrogens with zero attached hydrogens (tertiary/aromatic N) is 2. The first-order valence-electron chi connectivity index (χ1n) is 10.8. The van der Waals surface area contributed by atoms with E-state index < -0.39 is 22.2 Å². The van der Waals surface area contributed by atoms with Crippen LogP contribution in [0.1, 0.15) is 60.3 Å². The maximum Gasteiger partial charge on any atom is 0.304 e. The molecule has 0 radical (unpaired) electrons. The first kappa shape index (κ1) is 29.5. The van der Waals surface area contributed by atoms with Gasteiger partial charge in [0, 0.05) is 37.7 Å². The van der Waals surface area contributed by atoms with E-state index in [1.165, 1.54) is 17.8 Å². The van der Waals surface area contributed by atoms with Crippen molar-refractivity contribution < 1.29 is 24.6 Å². The number of aliphatic carboxylic acids is 1. The summed E-state index contributed by atoms with van der Waals surface area (Å²) in [5.41, 5.74) is -0.411. The summed E-state index contributed by atoms with van der Waals surface area (Å²) >= 11 is 1.48. The SMILES string of the molecule is C=CC(=O)N(CC(O)CCC)CC(C)(C)CC(C(=O)N(C)C)C(C)(C)SCCC(=O)O. The number of hydrogen-bond acceptors (Lipinski definition) is 5. The fourth-order valence-corrected chi connectivity index (χ4v) is 4.81. The molecule has 0 spiro atoms. The van der Waals surface area contributed by atoms with Gasteiger partial charge in [0.25, 0.3) is 0 Å². The van der Waals surface area contributed by atoms with Crippen molar-refractivity contribution in [2.75, 3.05) is 32.9 Å². The van der Waals surface area contributed by atoms with Crippen LogP contribution in [0, 0.1) is 11.3 Å². The molecule has 31 heavy (non-hydrogen) atoms. The van der Waals surface area contributed by atoms with Gasteiger partial charge in [-0.25, -0.2) is 0 Å². The minimum absolute atomic E-state index is 0.0199. The van der Waals surface area contributed by atoms with Crippen LogP contribution >= 0.6 is 11.8 Å². The molecule has 2 unspecified atom stereocenters. The van der Waals surface area contributed by atoms with Gasteiger partial charge < -0.3 is 20.0 Å². The number of thioether (sulfide) groups is 1. The number of carboxylic acids is 1. The fraction of sp³-hybridized carbons (Fsp3) is 0.783. The molecule has 8 heteroatoms. The Balaban J connectivity index is 5.60. The van der Waals surface area contributed by atoms with Crippen LogP contribution in [-0.4, -0.2) is 81.6 Å². The number of rotatable bonds is 15. The summed E-state index contributed by atoms with van der Waals surface area (Å²) < 4.78 is -0.483. The molecule has 0 rings (SSSR count). The Kier molecular flexibility index (Phi) is 12.5. The van der Waals surface area contributed by atoms with Crippen molar-refractivity contribution in [3.8, 4) is 0 Å². The number of hydrogen-bond donors (Lipinski definition) is 2. The van der Waals surface area contributed by atoms with E-state index in [0.717, 1.165) is 6.42 Å². The topological polar surface area (TPSA) is 98.2 Å². The summed E-state index contributed by atoms with van der Waals surface area (Å²) in [5.74, 6) is -1.06. The predicted molar refractivity (Wildman–Crippen MR) is 127 cm³/mol. The Morgan fingerprint density at radius 2 is 1.74 bits per heavy atom. The third-order valence-corrected chi connectivity index (χ3v) is 6.72. The van der Waals surface area contributed by atoms with Crippen molar-refractivity contribution in [1.29, 1.82) is 0 Å². The Morgan fingerprint density at radius 3 is 2.19 bits per heavy atom. The highest BCUT2D eigenvalue weighted by molar-refractivity contribution is 8.00. The maximum atomic E-state index is 13.1. The van der Waals surface area contributed by atoms with Gasteiger partial charge in [-0.15, -0.1) is 0 Å². The summed E-state index contributed by atoms with van der Waals surface area (Å²) in [6.07, 6.45) is 2.63. The molecule has 0 aromatic carbocycles. The number of carbonyl (C=O) groups is 3. The van der Waals surface area contributed by atoms with Gasteiger partial charge in [0.2, 0.25) is 11.8 Å². The van der Waals surface area contributed by atoms with Crippen molar-refractivity contribution >= 4 is 29.5 Å². The molecule has 2 amide bonds. The average Bonchev–Trinajstić information content (AvgIpc) is 2.63. The molecule has 0 aliphatic carbocycles. The van der Waals surface area contributed by atoms with Crippen LogP contribution in [0.25, 0.3) is 0 Å². The quantitative estimate of drug-likeness (QED) is 0.366. The molecule has 0 heterocycles. The van der Waals surface area contributed by atoms with Gasteiger partial charge in [0.1, 0.15) is 0 Å².